The van der Waals surface area contributed by atoms with Gasteiger partial charge in [0.2, 0.25) is 0 Å². The minimum absolute atomic E-state index is 0.00685. The lowest BCUT2D eigenvalue weighted by molar-refractivity contribution is 0.0773. The Kier molecular flexibility index (Phi) is 5.25. The molecule has 0 fully saturated rings. The Morgan fingerprint density at radius 1 is 1.05 bits per heavy atom. The third kappa shape index (κ3) is 3.69. The Hall–Kier alpha value is -2.69. The second-order valence-corrected chi connectivity index (χ2v) is 4.72. The van der Waals surface area contributed by atoms with Crippen molar-refractivity contribution in [1.29, 1.82) is 0 Å². The molecule has 0 bridgehead atoms. The third-order valence-electron chi connectivity index (χ3n) is 3.34. The number of nitrogens with zero attached hydrogens (tertiary/aromatic N) is 2. The van der Waals surface area contributed by atoms with Gasteiger partial charge in [-0.05, 0) is 50.2 Å². The molecule has 1 N–H and O–H groups in total. The molecule has 2 aromatic rings. The number of nitrogens with one attached hydrogen (secondary N) is 1. The highest BCUT2D eigenvalue weighted by molar-refractivity contribution is 6.03. The summed E-state index contributed by atoms with van der Waals surface area (Å²) in [6.07, 6.45) is 1.57. The number of aromatic nitrogens is 1. The molecule has 0 aliphatic heterocycles. The van der Waals surface area contributed by atoms with Crippen LogP contribution in [0.1, 0.15) is 34.7 Å². The molecule has 1 aromatic heterocycles. The van der Waals surface area contributed by atoms with Gasteiger partial charge in [0.15, 0.2) is 0 Å². The zero-order valence-electron chi connectivity index (χ0n) is 12.7. The van der Waals surface area contributed by atoms with Crippen molar-refractivity contribution in [1.82, 2.24) is 9.88 Å². The van der Waals surface area contributed by atoms with Crippen LogP contribution in [0.15, 0.2) is 48.7 Å². The molecule has 5 nitrogen and oxygen atoms in total. The molecule has 2 amide bonds. The van der Waals surface area contributed by atoms with Gasteiger partial charge in [-0.25, -0.2) is 0 Å². The van der Waals surface area contributed by atoms with Gasteiger partial charge >= 0.3 is 0 Å². The van der Waals surface area contributed by atoms with E-state index in [1.54, 1.807) is 53.6 Å². The standard InChI is InChI=1S/C17H19N3O2/c1-3-20(4-2)17(22)13-8-10-14(11-9-13)19-16(21)15-7-5-6-12-18-15/h5-12H,3-4H2,1-2H3,(H,19,21). The molecule has 1 heterocycles. The van der Waals surface area contributed by atoms with Crippen LogP contribution in [0.5, 0.6) is 0 Å². The van der Waals surface area contributed by atoms with Crippen LogP contribution in [-0.2, 0) is 0 Å². The lowest BCUT2D eigenvalue weighted by atomic mass is 10.1. The summed E-state index contributed by atoms with van der Waals surface area (Å²) in [6.45, 7) is 5.24. The summed E-state index contributed by atoms with van der Waals surface area (Å²) in [5.41, 5.74) is 1.59. The average molecular weight is 297 g/mol. The molecule has 1 aromatic carbocycles. The molecule has 0 radical (unpaired) electrons. The van der Waals surface area contributed by atoms with Crippen molar-refractivity contribution < 1.29 is 9.59 Å². The number of hydrogen-bond acceptors (Lipinski definition) is 3. The predicted molar refractivity (Wildman–Crippen MR) is 85.9 cm³/mol. The number of benzene rings is 1. The fourth-order valence-electron chi connectivity index (χ4n) is 2.08. The maximum atomic E-state index is 12.2. The molecule has 0 saturated carbocycles. The second-order valence-electron chi connectivity index (χ2n) is 4.72. The maximum absolute atomic E-state index is 12.2. The third-order valence-corrected chi connectivity index (χ3v) is 3.34. The Balaban J connectivity index is 2.06. The minimum atomic E-state index is -0.275. The van der Waals surface area contributed by atoms with E-state index in [9.17, 15) is 9.59 Å². The Morgan fingerprint density at radius 2 is 1.73 bits per heavy atom. The van der Waals surface area contributed by atoms with E-state index < -0.39 is 0 Å². The number of hydrogen-bond donors (Lipinski definition) is 1. The first-order chi connectivity index (χ1) is 10.7. The lowest BCUT2D eigenvalue weighted by Crippen LogP contribution is -2.30. The van der Waals surface area contributed by atoms with E-state index in [0.717, 1.165) is 0 Å². The zero-order valence-corrected chi connectivity index (χ0v) is 12.7. The van der Waals surface area contributed by atoms with E-state index in [1.165, 1.54) is 0 Å². The first-order valence-electron chi connectivity index (χ1n) is 7.27. The molecule has 0 saturated heterocycles. The van der Waals surface area contributed by atoms with Crippen LogP contribution >= 0.6 is 0 Å². The molecule has 0 aliphatic rings. The van der Waals surface area contributed by atoms with E-state index in [1.807, 2.05) is 13.8 Å². The fourth-order valence-corrected chi connectivity index (χ4v) is 2.08. The van der Waals surface area contributed by atoms with Gasteiger partial charge in [0.1, 0.15) is 5.69 Å². The van der Waals surface area contributed by atoms with Gasteiger partial charge < -0.3 is 10.2 Å². The van der Waals surface area contributed by atoms with Crippen LogP contribution in [0.2, 0.25) is 0 Å². The van der Waals surface area contributed by atoms with Crippen LogP contribution in [0.3, 0.4) is 0 Å². The van der Waals surface area contributed by atoms with Crippen LogP contribution < -0.4 is 5.32 Å². The topological polar surface area (TPSA) is 62.3 Å². The summed E-state index contributed by atoms with van der Waals surface area (Å²) in [5, 5.41) is 2.76. The number of carbonyl (C=O) groups excluding carboxylic acids is 2. The van der Waals surface area contributed by atoms with Gasteiger partial charge in [0, 0.05) is 30.5 Å². The summed E-state index contributed by atoms with van der Waals surface area (Å²) in [6, 6.07) is 12.0. The number of amides is 2. The first kappa shape index (κ1) is 15.7. The van der Waals surface area contributed by atoms with E-state index in [4.69, 9.17) is 0 Å². The second kappa shape index (κ2) is 7.36. The SMILES string of the molecule is CCN(CC)C(=O)c1ccc(NC(=O)c2ccccn2)cc1. The highest BCUT2D eigenvalue weighted by Crippen LogP contribution is 2.12. The van der Waals surface area contributed by atoms with E-state index in [0.29, 0.717) is 30.0 Å². The predicted octanol–water partition coefficient (Wildman–Crippen LogP) is 2.82. The van der Waals surface area contributed by atoms with Crippen molar-refractivity contribution in [2.24, 2.45) is 0 Å². The van der Waals surface area contributed by atoms with Crippen molar-refractivity contribution >= 4 is 17.5 Å². The van der Waals surface area contributed by atoms with Crippen molar-refractivity contribution in [3.63, 3.8) is 0 Å². The molecule has 5 heteroatoms. The molecular formula is C17H19N3O2. The average Bonchev–Trinajstić information content (AvgIpc) is 2.57. The maximum Gasteiger partial charge on any atom is 0.274 e. The largest absolute Gasteiger partial charge is 0.339 e. The van der Waals surface area contributed by atoms with Crippen molar-refractivity contribution in [3.8, 4) is 0 Å². The molecule has 0 spiro atoms. The van der Waals surface area contributed by atoms with Crippen LogP contribution in [0.4, 0.5) is 5.69 Å². The zero-order chi connectivity index (χ0) is 15.9. The number of carbonyl (C=O) groups is 2. The molecule has 0 atom stereocenters. The normalized spacial score (nSPS) is 10.1. The minimum Gasteiger partial charge on any atom is -0.339 e. The molecule has 0 unspecified atom stereocenters. The lowest BCUT2D eigenvalue weighted by Gasteiger charge is -2.18. The smallest absolute Gasteiger partial charge is 0.274 e. The van der Waals surface area contributed by atoms with Gasteiger partial charge in [0.25, 0.3) is 11.8 Å². The van der Waals surface area contributed by atoms with Crippen molar-refractivity contribution in [2.45, 2.75) is 13.8 Å². The monoisotopic (exact) mass is 297 g/mol. The molecule has 0 aliphatic carbocycles. The van der Waals surface area contributed by atoms with Crippen LogP contribution in [-0.4, -0.2) is 34.8 Å². The highest BCUT2D eigenvalue weighted by atomic mass is 16.2. The fraction of sp³-hybridized carbons (Fsp3) is 0.235. The molecular weight excluding hydrogens is 278 g/mol. The van der Waals surface area contributed by atoms with Crippen molar-refractivity contribution in [2.75, 3.05) is 18.4 Å². The number of anilines is 1. The Bertz CT molecular complexity index is 635. The van der Waals surface area contributed by atoms with Gasteiger partial charge in [-0.2, -0.15) is 0 Å². The summed E-state index contributed by atoms with van der Waals surface area (Å²) >= 11 is 0. The summed E-state index contributed by atoms with van der Waals surface area (Å²) in [5.74, 6) is -0.281. The number of pyridine rings is 1. The Morgan fingerprint density at radius 3 is 2.27 bits per heavy atom. The van der Waals surface area contributed by atoms with Gasteiger partial charge in [-0.3, -0.25) is 14.6 Å². The highest BCUT2D eigenvalue weighted by Gasteiger charge is 2.12. The van der Waals surface area contributed by atoms with Gasteiger partial charge in [0.05, 0.1) is 0 Å². The Labute approximate surface area is 130 Å². The van der Waals surface area contributed by atoms with Crippen molar-refractivity contribution in [3.05, 3.63) is 59.9 Å². The van der Waals surface area contributed by atoms with Crippen LogP contribution in [0.25, 0.3) is 0 Å². The summed E-state index contributed by atoms with van der Waals surface area (Å²) < 4.78 is 0. The molecule has 22 heavy (non-hydrogen) atoms. The van der Waals surface area contributed by atoms with E-state index in [-0.39, 0.29) is 11.8 Å². The molecule has 2 rings (SSSR count). The van der Waals surface area contributed by atoms with Gasteiger partial charge in [-0.1, -0.05) is 6.07 Å². The summed E-state index contributed by atoms with van der Waals surface area (Å²) in [7, 11) is 0. The quantitative estimate of drug-likeness (QED) is 0.923. The van der Waals surface area contributed by atoms with E-state index in [2.05, 4.69) is 10.3 Å². The summed E-state index contributed by atoms with van der Waals surface area (Å²) in [4.78, 5) is 29.9. The first-order valence-corrected chi connectivity index (χ1v) is 7.27. The number of rotatable bonds is 5. The van der Waals surface area contributed by atoms with Gasteiger partial charge in [-0.15, -0.1) is 0 Å². The van der Waals surface area contributed by atoms with E-state index >= 15 is 0 Å². The molecule has 114 valence electrons. The van der Waals surface area contributed by atoms with Crippen LogP contribution in [0, 0.1) is 0 Å².